The minimum absolute atomic E-state index is 0.490. The number of rotatable bonds is 1. The van der Waals surface area contributed by atoms with E-state index in [0.29, 0.717) is 0 Å². The molecule has 18 heavy (non-hydrogen) atoms. The molecule has 3 rings (SSSR count). The molecule has 2 aromatic rings. The maximum atomic E-state index is 6.26. The molecule has 0 aliphatic carbocycles. The number of hydrogen-bond acceptors (Lipinski definition) is 4. The Balaban J connectivity index is 2.14. The highest BCUT2D eigenvalue weighted by Gasteiger charge is 2.25. The normalized spacial score (nSPS) is 17.7. The van der Waals surface area contributed by atoms with Crippen LogP contribution in [0.3, 0.4) is 0 Å². The fraction of sp³-hybridized carbons (Fsp3) is 0.154. The van der Waals surface area contributed by atoms with E-state index in [2.05, 4.69) is 21.0 Å². The second-order valence-electron chi connectivity index (χ2n) is 4.06. The second-order valence-corrected chi connectivity index (χ2v) is 4.45. The number of anilines is 2. The summed E-state index contributed by atoms with van der Waals surface area (Å²) in [6.07, 6.45) is 4.96. The minimum atomic E-state index is -0.490. The lowest BCUT2D eigenvalue weighted by molar-refractivity contribution is 0.864. The summed E-state index contributed by atoms with van der Waals surface area (Å²) in [5, 5.41) is 0. The maximum Gasteiger partial charge on any atom is 0.203 e. The van der Waals surface area contributed by atoms with Crippen molar-refractivity contribution in [1.82, 2.24) is 9.97 Å². The molecule has 1 aromatic carbocycles. The molecule has 1 aliphatic rings. The summed E-state index contributed by atoms with van der Waals surface area (Å²) < 4.78 is 0. The van der Waals surface area contributed by atoms with Gasteiger partial charge < -0.3 is 0 Å². The molecule has 0 fully saturated rings. The van der Waals surface area contributed by atoms with E-state index >= 15 is 0 Å². The van der Waals surface area contributed by atoms with E-state index in [0.717, 1.165) is 22.8 Å². The lowest BCUT2D eigenvalue weighted by Crippen LogP contribution is -2.30. The molecule has 0 saturated heterocycles. The van der Waals surface area contributed by atoms with Crippen molar-refractivity contribution in [2.24, 2.45) is 4.99 Å². The predicted molar refractivity (Wildman–Crippen MR) is 72.6 cm³/mol. The van der Waals surface area contributed by atoms with Gasteiger partial charge in [-0.3, -0.25) is 9.89 Å². The van der Waals surface area contributed by atoms with Crippen molar-refractivity contribution < 1.29 is 0 Å². The molecular formula is C13H11ClN4. The molecule has 4 nitrogen and oxygen atoms in total. The first kappa shape index (κ1) is 11.2. The largest absolute Gasteiger partial charge is 0.289 e. The summed E-state index contributed by atoms with van der Waals surface area (Å²) in [7, 11) is 0. The lowest BCUT2D eigenvalue weighted by Gasteiger charge is -2.29. The first-order valence-corrected chi connectivity index (χ1v) is 6.03. The quantitative estimate of drug-likeness (QED) is 0.583. The summed E-state index contributed by atoms with van der Waals surface area (Å²) in [5.74, 6) is 0.734. The number of fused-ring (bicyclic) bond motifs is 1. The smallest absolute Gasteiger partial charge is 0.203 e. The number of benzene rings is 1. The molecule has 1 atom stereocenters. The van der Waals surface area contributed by atoms with E-state index < -0.39 is 5.62 Å². The SMILES string of the molecule is Cc1cccc(N2c3nccnc3C=NC2Cl)c1. The van der Waals surface area contributed by atoms with E-state index in [1.54, 1.807) is 18.6 Å². The Kier molecular flexibility index (Phi) is 2.72. The fourth-order valence-electron chi connectivity index (χ4n) is 1.94. The summed E-state index contributed by atoms with van der Waals surface area (Å²) in [4.78, 5) is 14.7. The molecule has 0 N–H and O–H groups in total. The topological polar surface area (TPSA) is 41.4 Å². The van der Waals surface area contributed by atoms with Crippen LogP contribution >= 0.6 is 11.6 Å². The highest BCUT2D eigenvalue weighted by molar-refractivity contribution is 6.23. The Labute approximate surface area is 110 Å². The van der Waals surface area contributed by atoms with Gasteiger partial charge in [-0.25, -0.2) is 9.97 Å². The Bertz CT molecular complexity index is 611. The molecule has 0 bridgehead atoms. The molecule has 0 amide bonds. The van der Waals surface area contributed by atoms with Crippen LogP contribution in [0.25, 0.3) is 0 Å². The Morgan fingerprint density at radius 2 is 2.06 bits per heavy atom. The van der Waals surface area contributed by atoms with Gasteiger partial charge in [0.2, 0.25) is 5.62 Å². The van der Waals surface area contributed by atoms with Crippen molar-refractivity contribution in [3.63, 3.8) is 0 Å². The van der Waals surface area contributed by atoms with Crippen molar-refractivity contribution in [1.29, 1.82) is 0 Å². The van der Waals surface area contributed by atoms with Crippen LogP contribution in [0.15, 0.2) is 41.7 Å². The van der Waals surface area contributed by atoms with E-state index in [4.69, 9.17) is 11.6 Å². The number of nitrogens with zero attached hydrogens (tertiary/aromatic N) is 4. The monoisotopic (exact) mass is 258 g/mol. The van der Waals surface area contributed by atoms with Gasteiger partial charge in [-0.05, 0) is 24.6 Å². The van der Waals surface area contributed by atoms with Gasteiger partial charge in [-0.2, -0.15) is 0 Å². The highest BCUT2D eigenvalue weighted by Crippen LogP contribution is 2.32. The zero-order valence-electron chi connectivity index (χ0n) is 9.79. The predicted octanol–water partition coefficient (Wildman–Crippen LogP) is 2.88. The summed E-state index contributed by atoms with van der Waals surface area (Å²) in [5.41, 5.74) is 2.37. The van der Waals surface area contributed by atoms with Gasteiger partial charge in [-0.15, -0.1) is 0 Å². The van der Waals surface area contributed by atoms with Gasteiger partial charge in [0.25, 0.3) is 0 Å². The minimum Gasteiger partial charge on any atom is -0.289 e. The molecule has 2 heterocycles. The number of halogens is 1. The van der Waals surface area contributed by atoms with Crippen LogP contribution in [0.4, 0.5) is 11.5 Å². The standard InChI is InChI=1S/C13H11ClN4/c1-9-3-2-4-10(7-9)18-12-11(8-17-13(18)14)15-5-6-16-12/h2-8,13H,1H3. The summed E-state index contributed by atoms with van der Waals surface area (Å²) >= 11 is 6.26. The van der Waals surface area contributed by atoms with Gasteiger partial charge in [-0.1, -0.05) is 23.7 Å². The number of hydrogen-bond donors (Lipinski definition) is 0. The van der Waals surface area contributed by atoms with E-state index in [1.165, 1.54) is 0 Å². The average Bonchev–Trinajstić information content (AvgIpc) is 2.38. The highest BCUT2D eigenvalue weighted by atomic mass is 35.5. The zero-order chi connectivity index (χ0) is 12.5. The van der Waals surface area contributed by atoms with Crippen molar-refractivity contribution in [3.05, 3.63) is 47.9 Å². The Hall–Kier alpha value is -1.94. The molecule has 0 saturated carbocycles. The van der Waals surface area contributed by atoms with Gasteiger partial charge in [0, 0.05) is 18.1 Å². The lowest BCUT2D eigenvalue weighted by atomic mass is 10.2. The fourth-order valence-corrected chi connectivity index (χ4v) is 2.20. The van der Waals surface area contributed by atoms with Gasteiger partial charge in [0.15, 0.2) is 5.82 Å². The van der Waals surface area contributed by atoms with E-state index in [9.17, 15) is 0 Å². The van der Waals surface area contributed by atoms with Crippen molar-refractivity contribution >= 4 is 29.3 Å². The number of aliphatic imine (C=N–C) groups is 1. The first-order valence-electron chi connectivity index (χ1n) is 5.60. The summed E-state index contributed by atoms with van der Waals surface area (Å²) in [6, 6.07) is 8.07. The molecule has 90 valence electrons. The number of aromatic nitrogens is 2. The third kappa shape index (κ3) is 1.84. The van der Waals surface area contributed by atoms with Crippen LogP contribution in [-0.4, -0.2) is 21.8 Å². The number of aryl methyl sites for hydroxylation is 1. The third-order valence-electron chi connectivity index (χ3n) is 2.75. The van der Waals surface area contributed by atoms with Gasteiger partial charge in [0.1, 0.15) is 5.69 Å². The Morgan fingerprint density at radius 3 is 2.89 bits per heavy atom. The van der Waals surface area contributed by atoms with Crippen molar-refractivity contribution in [2.45, 2.75) is 12.5 Å². The van der Waals surface area contributed by atoms with Crippen LogP contribution in [0, 0.1) is 6.92 Å². The maximum absolute atomic E-state index is 6.26. The van der Waals surface area contributed by atoms with Crippen LogP contribution in [0.2, 0.25) is 0 Å². The van der Waals surface area contributed by atoms with Gasteiger partial charge >= 0.3 is 0 Å². The summed E-state index contributed by atoms with van der Waals surface area (Å²) in [6.45, 7) is 2.04. The van der Waals surface area contributed by atoms with E-state index in [1.807, 2.05) is 30.0 Å². The Morgan fingerprint density at radius 1 is 1.22 bits per heavy atom. The first-order chi connectivity index (χ1) is 8.75. The van der Waals surface area contributed by atoms with Crippen molar-refractivity contribution in [2.75, 3.05) is 4.90 Å². The average molecular weight is 259 g/mol. The van der Waals surface area contributed by atoms with Crippen LogP contribution in [0.1, 0.15) is 11.3 Å². The number of alkyl halides is 1. The molecule has 1 aromatic heterocycles. The molecule has 5 heteroatoms. The molecule has 0 radical (unpaired) electrons. The third-order valence-corrected chi connectivity index (χ3v) is 3.05. The van der Waals surface area contributed by atoms with Crippen LogP contribution in [0.5, 0.6) is 0 Å². The van der Waals surface area contributed by atoms with E-state index in [-0.39, 0.29) is 0 Å². The van der Waals surface area contributed by atoms with Gasteiger partial charge in [0.05, 0.1) is 6.21 Å². The van der Waals surface area contributed by atoms with Crippen LogP contribution < -0.4 is 4.90 Å². The molecule has 1 unspecified atom stereocenters. The zero-order valence-corrected chi connectivity index (χ0v) is 10.5. The molecular weight excluding hydrogens is 248 g/mol. The second kappa shape index (κ2) is 4.38. The van der Waals surface area contributed by atoms with Crippen molar-refractivity contribution in [3.8, 4) is 0 Å². The molecule has 1 aliphatic heterocycles. The van der Waals surface area contributed by atoms with Crippen LogP contribution in [-0.2, 0) is 0 Å². The molecule has 0 spiro atoms.